The van der Waals surface area contributed by atoms with Crippen molar-refractivity contribution < 1.29 is 0 Å². The lowest BCUT2D eigenvalue weighted by molar-refractivity contribution is 0.691. The molecule has 0 heteroatoms. The van der Waals surface area contributed by atoms with Crippen LogP contribution in [0.25, 0.3) is 0 Å². The van der Waals surface area contributed by atoms with Crippen LogP contribution in [-0.2, 0) is 0 Å². The molecule has 0 saturated carbocycles. The first-order chi connectivity index (χ1) is 4.93. The van der Waals surface area contributed by atoms with Gasteiger partial charge in [-0.15, -0.1) is 5.73 Å². The second kappa shape index (κ2) is 4.14. The molecule has 0 aliphatic heterocycles. The van der Waals surface area contributed by atoms with Crippen molar-refractivity contribution >= 4 is 0 Å². The summed E-state index contributed by atoms with van der Waals surface area (Å²) in [6.07, 6.45) is 10.8. The minimum Gasteiger partial charge on any atom is -0.133 e. The fourth-order valence-electron chi connectivity index (χ4n) is 1.29. The minimum absolute atomic E-state index is 1.07. The quantitative estimate of drug-likeness (QED) is 0.402. The molecule has 1 aliphatic rings. The highest BCUT2D eigenvalue weighted by atomic mass is 14.1. The van der Waals surface area contributed by atoms with Gasteiger partial charge in [0.2, 0.25) is 0 Å². The maximum atomic E-state index is 3.54. The van der Waals surface area contributed by atoms with Gasteiger partial charge in [0.15, 0.2) is 0 Å². The van der Waals surface area contributed by atoms with Crippen LogP contribution in [-0.4, -0.2) is 0 Å². The molecule has 10 heavy (non-hydrogen) atoms. The van der Waals surface area contributed by atoms with Crippen molar-refractivity contribution in [3.05, 3.63) is 30.0 Å². The lowest BCUT2D eigenvalue weighted by Gasteiger charge is -2.09. The maximum absolute atomic E-state index is 3.54. The Labute approximate surface area is 62.9 Å². The van der Waals surface area contributed by atoms with Crippen LogP contribution in [0.3, 0.4) is 0 Å². The Morgan fingerprint density at radius 3 is 3.10 bits per heavy atom. The van der Waals surface area contributed by atoms with Crippen LogP contribution in [0.4, 0.5) is 0 Å². The molecule has 0 heterocycles. The Balaban J connectivity index is 2.38. The van der Waals surface area contributed by atoms with Crippen molar-refractivity contribution in [2.45, 2.75) is 32.1 Å². The first-order valence-corrected chi connectivity index (χ1v) is 3.95. The molecule has 0 unspecified atom stereocenters. The van der Waals surface area contributed by atoms with Crippen LogP contribution in [0.15, 0.2) is 30.0 Å². The van der Waals surface area contributed by atoms with Crippen molar-refractivity contribution in [3.8, 4) is 0 Å². The van der Waals surface area contributed by atoms with E-state index in [-0.39, 0.29) is 0 Å². The number of hydrogen-bond donors (Lipinski definition) is 0. The van der Waals surface area contributed by atoms with Crippen LogP contribution >= 0.6 is 0 Å². The van der Waals surface area contributed by atoms with Gasteiger partial charge in [0, 0.05) is 0 Å². The van der Waals surface area contributed by atoms with Crippen LogP contribution in [0.2, 0.25) is 0 Å². The van der Waals surface area contributed by atoms with Gasteiger partial charge in [-0.25, -0.2) is 0 Å². The van der Waals surface area contributed by atoms with Crippen molar-refractivity contribution in [2.24, 2.45) is 0 Å². The molecule has 0 atom stereocenters. The molecule has 0 radical (unpaired) electrons. The zero-order valence-corrected chi connectivity index (χ0v) is 6.40. The van der Waals surface area contributed by atoms with Crippen LogP contribution in [0.1, 0.15) is 32.1 Å². The SMILES string of the molecule is C=C=CCC1=CCCCC1. The predicted molar refractivity (Wildman–Crippen MR) is 44.9 cm³/mol. The van der Waals surface area contributed by atoms with E-state index in [1.165, 1.54) is 25.7 Å². The third-order valence-electron chi connectivity index (χ3n) is 1.89. The highest BCUT2D eigenvalue weighted by Gasteiger charge is 2.00. The minimum atomic E-state index is 1.07. The summed E-state index contributed by atoms with van der Waals surface area (Å²) in [5, 5.41) is 0. The normalized spacial score (nSPS) is 17.4. The van der Waals surface area contributed by atoms with Gasteiger partial charge in [-0.2, -0.15) is 0 Å². The average molecular weight is 134 g/mol. The summed E-state index contributed by atoms with van der Waals surface area (Å²) < 4.78 is 0. The molecule has 0 N–H and O–H groups in total. The number of allylic oxidation sites excluding steroid dienone is 3. The number of hydrogen-bond acceptors (Lipinski definition) is 0. The fraction of sp³-hybridized carbons (Fsp3) is 0.500. The molecule has 0 amide bonds. The van der Waals surface area contributed by atoms with Crippen molar-refractivity contribution in [1.82, 2.24) is 0 Å². The molecule has 1 aliphatic carbocycles. The Bertz CT molecular complexity index is 168. The molecule has 1 rings (SSSR count). The molecule has 0 aromatic carbocycles. The predicted octanol–water partition coefficient (Wildman–Crippen LogP) is 3.22. The summed E-state index contributed by atoms with van der Waals surface area (Å²) in [7, 11) is 0. The lowest BCUT2D eigenvalue weighted by atomic mass is 9.97. The maximum Gasteiger partial charge on any atom is -0.00628 e. The second-order valence-electron chi connectivity index (χ2n) is 2.72. The highest BCUT2D eigenvalue weighted by Crippen LogP contribution is 2.19. The van der Waals surface area contributed by atoms with Crippen molar-refractivity contribution in [3.63, 3.8) is 0 Å². The van der Waals surface area contributed by atoms with Gasteiger partial charge in [0.25, 0.3) is 0 Å². The van der Waals surface area contributed by atoms with Crippen molar-refractivity contribution in [2.75, 3.05) is 0 Å². The van der Waals surface area contributed by atoms with Gasteiger partial charge in [-0.05, 0) is 38.2 Å². The summed E-state index contributed by atoms with van der Waals surface area (Å²) in [5.74, 6) is 0. The van der Waals surface area contributed by atoms with E-state index >= 15 is 0 Å². The zero-order valence-electron chi connectivity index (χ0n) is 6.40. The summed E-state index contributed by atoms with van der Waals surface area (Å²) in [4.78, 5) is 0. The first-order valence-electron chi connectivity index (χ1n) is 3.95. The van der Waals surface area contributed by atoms with E-state index in [0.29, 0.717) is 0 Å². The summed E-state index contributed by atoms with van der Waals surface area (Å²) in [6, 6.07) is 0. The summed E-state index contributed by atoms with van der Waals surface area (Å²) in [6.45, 7) is 3.54. The van der Waals surface area contributed by atoms with E-state index < -0.39 is 0 Å². The van der Waals surface area contributed by atoms with Crippen LogP contribution < -0.4 is 0 Å². The molecule has 0 aromatic rings. The largest absolute Gasteiger partial charge is 0.133 e. The highest BCUT2D eigenvalue weighted by molar-refractivity contribution is 5.08. The van der Waals surface area contributed by atoms with Gasteiger partial charge in [0.05, 0.1) is 0 Å². The van der Waals surface area contributed by atoms with E-state index in [9.17, 15) is 0 Å². The molecular weight excluding hydrogens is 120 g/mol. The van der Waals surface area contributed by atoms with E-state index in [4.69, 9.17) is 0 Å². The van der Waals surface area contributed by atoms with Crippen molar-refractivity contribution in [1.29, 1.82) is 0 Å². The number of rotatable bonds is 2. The molecule has 0 aromatic heterocycles. The summed E-state index contributed by atoms with van der Waals surface area (Å²) in [5.41, 5.74) is 4.37. The summed E-state index contributed by atoms with van der Waals surface area (Å²) >= 11 is 0. The van der Waals surface area contributed by atoms with Gasteiger partial charge in [-0.3, -0.25) is 0 Å². The molecule has 54 valence electrons. The standard InChI is InChI=1S/C10H14/c1-2-3-7-10-8-5-4-6-9-10/h3,8H,1,4-7,9H2. The molecule has 0 nitrogen and oxygen atoms in total. The Hall–Kier alpha value is -0.740. The Kier molecular flexibility index (Phi) is 3.05. The topological polar surface area (TPSA) is 0 Å². The molecule has 0 saturated heterocycles. The van der Waals surface area contributed by atoms with E-state index in [2.05, 4.69) is 18.4 Å². The zero-order chi connectivity index (χ0) is 7.23. The van der Waals surface area contributed by atoms with E-state index in [1.54, 1.807) is 5.57 Å². The van der Waals surface area contributed by atoms with Gasteiger partial charge >= 0.3 is 0 Å². The van der Waals surface area contributed by atoms with Gasteiger partial charge < -0.3 is 0 Å². The van der Waals surface area contributed by atoms with E-state index in [1.807, 2.05) is 6.08 Å². The Morgan fingerprint density at radius 2 is 2.50 bits per heavy atom. The third kappa shape index (κ3) is 2.24. The van der Waals surface area contributed by atoms with Gasteiger partial charge in [-0.1, -0.05) is 18.2 Å². The lowest BCUT2D eigenvalue weighted by Crippen LogP contribution is -1.89. The monoisotopic (exact) mass is 134 g/mol. The average Bonchev–Trinajstić information content (AvgIpc) is 2.03. The van der Waals surface area contributed by atoms with E-state index in [0.717, 1.165) is 6.42 Å². The second-order valence-corrected chi connectivity index (χ2v) is 2.72. The van der Waals surface area contributed by atoms with Gasteiger partial charge in [0.1, 0.15) is 0 Å². The molecule has 0 bridgehead atoms. The molecule has 0 spiro atoms. The fourth-order valence-corrected chi connectivity index (χ4v) is 1.29. The first kappa shape index (κ1) is 7.37. The third-order valence-corrected chi connectivity index (χ3v) is 1.89. The smallest absolute Gasteiger partial charge is 0.00628 e. The van der Waals surface area contributed by atoms with Crippen LogP contribution in [0, 0.1) is 0 Å². The van der Waals surface area contributed by atoms with Crippen LogP contribution in [0.5, 0.6) is 0 Å². The molecular formula is C10H14. The Morgan fingerprint density at radius 1 is 1.60 bits per heavy atom. The molecule has 0 fully saturated rings.